The average molecular weight is 329 g/mol. The summed E-state index contributed by atoms with van der Waals surface area (Å²) in [7, 11) is 0. The molecule has 2 N–H and O–H groups in total. The van der Waals surface area contributed by atoms with Gasteiger partial charge in [0.2, 0.25) is 5.91 Å². The third-order valence-corrected chi connectivity index (χ3v) is 4.48. The summed E-state index contributed by atoms with van der Waals surface area (Å²) in [6.07, 6.45) is 1.41. The fraction of sp³-hybridized carbons (Fsp3) is 0.588. The van der Waals surface area contributed by atoms with Crippen molar-refractivity contribution in [3.05, 3.63) is 35.6 Å². The van der Waals surface area contributed by atoms with Gasteiger partial charge < -0.3 is 10.6 Å². The van der Waals surface area contributed by atoms with Gasteiger partial charge in [-0.25, -0.2) is 4.39 Å². The largest absolute Gasteiger partial charge is 0.342 e. The van der Waals surface area contributed by atoms with Crippen molar-refractivity contribution in [1.29, 1.82) is 0 Å². The molecule has 1 fully saturated rings. The summed E-state index contributed by atoms with van der Waals surface area (Å²) in [5.41, 5.74) is 6.93. The van der Waals surface area contributed by atoms with Gasteiger partial charge in [0.25, 0.3) is 0 Å². The van der Waals surface area contributed by atoms with Crippen LogP contribution in [0.15, 0.2) is 24.3 Å². The molecule has 1 aliphatic heterocycles. The summed E-state index contributed by atoms with van der Waals surface area (Å²) in [5.74, 6) is -0.256. The molecule has 22 heavy (non-hydrogen) atoms. The minimum Gasteiger partial charge on any atom is -0.342 e. The van der Waals surface area contributed by atoms with E-state index in [9.17, 15) is 9.18 Å². The second-order valence-corrected chi connectivity index (χ2v) is 6.88. The number of amides is 1. The van der Waals surface area contributed by atoms with Crippen LogP contribution >= 0.6 is 12.4 Å². The number of carbonyl (C=O) groups excluding carboxylic acids is 1. The maximum Gasteiger partial charge on any atom is 0.225 e. The Hall–Kier alpha value is -1.13. The van der Waals surface area contributed by atoms with E-state index >= 15 is 0 Å². The van der Waals surface area contributed by atoms with E-state index in [0.29, 0.717) is 13.0 Å². The van der Waals surface area contributed by atoms with Crippen LogP contribution in [0.4, 0.5) is 4.39 Å². The number of nitrogens with zero attached hydrogens (tertiary/aromatic N) is 1. The van der Waals surface area contributed by atoms with E-state index in [1.807, 2.05) is 17.9 Å². The maximum absolute atomic E-state index is 13.2. The fourth-order valence-corrected chi connectivity index (χ4v) is 2.98. The SMILES string of the molecule is CC(Cc1cccc(F)c1)C(=O)N1CCC(N)C(C)(C)C1.Cl. The minimum absolute atomic E-state index is 0. The predicted octanol–water partition coefficient (Wildman–Crippen LogP) is 3.01. The monoisotopic (exact) mass is 328 g/mol. The van der Waals surface area contributed by atoms with Crippen LogP contribution in [0.3, 0.4) is 0 Å². The van der Waals surface area contributed by atoms with Crippen LogP contribution in [0.1, 0.15) is 32.8 Å². The number of hydrogen-bond acceptors (Lipinski definition) is 2. The third kappa shape index (κ3) is 4.43. The van der Waals surface area contributed by atoms with Crippen LogP contribution in [0.25, 0.3) is 0 Å². The van der Waals surface area contributed by atoms with Gasteiger partial charge in [-0.15, -0.1) is 12.4 Å². The first-order chi connectivity index (χ1) is 9.79. The Balaban J connectivity index is 0.00000242. The van der Waals surface area contributed by atoms with Gasteiger partial charge in [0.1, 0.15) is 5.82 Å². The molecule has 2 unspecified atom stereocenters. The van der Waals surface area contributed by atoms with Gasteiger partial charge in [-0.1, -0.05) is 32.9 Å². The highest BCUT2D eigenvalue weighted by Crippen LogP contribution is 2.28. The van der Waals surface area contributed by atoms with Crippen molar-refractivity contribution in [1.82, 2.24) is 4.90 Å². The van der Waals surface area contributed by atoms with E-state index in [-0.39, 0.29) is 41.5 Å². The summed E-state index contributed by atoms with van der Waals surface area (Å²) < 4.78 is 13.2. The molecule has 124 valence electrons. The summed E-state index contributed by atoms with van der Waals surface area (Å²) in [6, 6.07) is 6.61. The molecule has 1 heterocycles. The fourth-order valence-electron chi connectivity index (χ4n) is 2.98. The van der Waals surface area contributed by atoms with Crippen LogP contribution in [-0.2, 0) is 11.2 Å². The normalized spacial score (nSPS) is 21.9. The molecular weight excluding hydrogens is 303 g/mol. The third-order valence-electron chi connectivity index (χ3n) is 4.48. The molecule has 1 amide bonds. The second-order valence-electron chi connectivity index (χ2n) is 6.88. The number of likely N-dealkylation sites (tertiary alicyclic amines) is 1. The van der Waals surface area contributed by atoms with Crippen LogP contribution in [0.2, 0.25) is 0 Å². The Labute approximate surface area is 138 Å². The lowest BCUT2D eigenvalue weighted by molar-refractivity contribution is -0.138. The van der Waals surface area contributed by atoms with Crippen molar-refractivity contribution in [2.75, 3.05) is 13.1 Å². The first kappa shape index (κ1) is 18.9. The van der Waals surface area contributed by atoms with Crippen molar-refractivity contribution in [2.45, 2.75) is 39.7 Å². The Kier molecular flexibility index (Phi) is 6.38. The zero-order chi connectivity index (χ0) is 15.6. The lowest BCUT2D eigenvalue weighted by Crippen LogP contribution is -2.55. The van der Waals surface area contributed by atoms with E-state index in [2.05, 4.69) is 13.8 Å². The first-order valence-electron chi connectivity index (χ1n) is 7.58. The molecule has 1 aromatic carbocycles. The van der Waals surface area contributed by atoms with Crippen molar-refractivity contribution in [3.63, 3.8) is 0 Å². The standard InChI is InChI=1S/C17H25FN2O.ClH/c1-12(9-13-5-4-6-14(18)10-13)16(21)20-8-7-15(19)17(2,3)11-20;/h4-6,10,12,15H,7-9,11,19H2,1-3H3;1H. The molecule has 2 rings (SSSR count). The molecule has 0 aromatic heterocycles. The van der Waals surface area contributed by atoms with Gasteiger partial charge in [0.15, 0.2) is 0 Å². The molecule has 1 aliphatic rings. The molecule has 3 nitrogen and oxygen atoms in total. The Morgan fingerprint density at radius 2 is 2.18 bits per heavy atom. The van der Waals surface area contributed by atoms with Crippen molar-refractivity contribution >= 4 is 18.3 Å². The smallest absolute Gasteiger partial charge is 0.225 e. The number of halogens is 2. The van der Waals surface area contributed by atoms with Gasteiger partial charge in [-0.05, 0) is 36.0 Å². The molecule has 5 heteroatoms. The molecule has 0 saturated carbocycles. The predicted molar refractivity (Wildman–Crippen MR) is 89.5 cm³/mol. The second kappa shape index (κ2) is 7.42. The molecule has 1 aromatic rings. The van der Waals surface area contributed by atoms with Crippen molar-refractivity contribution < 1.29 is 9.18 Å². The quantitative estimate of drug-likeness (QED) is 0.927. The summed E-state index contributed by atoms with van der Waals surface area (Å²) in [5, 5.41) is 0. The number of nitrogens with two attached hydrogens (primary N) is 1. The van der Waals surface area contributed by atoms with E-state index < -0.39 is 0 Å². The number of benzene rings is 1. The van der Waals surface area contributed by atoms with Crippen LogP contribution < -0.4 is 5.73 Å². The van der Waals surface area contributed by atoms with Gasteiger partial charge in [-0.2, -0.15) is 0 Å². The van der Waals surface area contributed by atoms with E-state index in [4.69, 9.17) is 5.73 Å². The lowest BCUT2D eigenvalue weighted by atomic mass is 9.79. The molecule has 2 atom stereocenters. The van der Waals surface area contributed by atoms with E-state index in [1.54, 1.807) is 6.07 Å². The van der Waals surface area contributed by atoms with Gasteiger partial charge in [0, 0.05) is 25.0 Å². The number of piperidine rings is 1. The van der Waals surface area contributed by atoms with Crippen LogP contribution in [0, 0.1) is 17.2 Å². The highest BCUT2D eigenvalue weighted by molar-refractivity contribution is 5.85. The average Bonchev–Trinajstić information content (AvgIpc) is 2.41. The molecule has 0 spiro atoms. The zero-order valence-corrected chi connectivity index (χ0v) is 14.3. The summed E-state index contributed by atoms with van der Waals surface area (Å²) in [4.78, 5) is 14.5. The highest BCUT2D eigenvalue weighted by atomic mass is 35.5. The summed E-state index contributed by atoms with van der Waals surface area (Å²) >= 11 is 0. The Morgan fingerprint density at radius 1 is 1.50 bits per heavy atom. The van der Waals surface area contributed by atoms with Gasteiger partial charge in [0.05, 0.1) is 0 Å². The van der Waals surface area contributed by atoms with Crippen LogP contribution in [-0.4, -0.2) is 29.9 Å². The topological polar surface area (TPSA) is 46.3 Å². The maximum atomic E-state index is 13.2. The van der Waals surface area contributed by atoms with E-state index in [0.717, 1.165) is 18.5 Å². The number of carbonyl (C=O) groups is 1. The highest BCUT2D eigenvalue weighted by Gasteiger charge is 2.36. The van der Waals surface area contributed by atoms with Gasteiger partial charge in [-0.3, -0.25) is 4.79 Å². The summed E-state index contributed by atoms with van der Waals surface area (Å²) in [6.45, 7) is 7.54. The zero-order valence-electron chi connectivity index (χ0n) is 13.5. The minimum atomic E-state index is -0.253. The lowest BCUT2D eigenvalue weighted by Gasteiger charge is -2.43. The van der Waals surface area contributed by atoms with Crippen molar-refractivity contribution in [3.8, 4) is 0 Å². The van der Waals surface area contributed by atoms with E-state index in [1.165, 1.54) is 12.1 Å². The Morgan fingerprint density at radius 3 is 2.77 bits per heavy atom. The number of hydrogen-bond donors (Lipinski definition) is 1. The molecule has 0 radical (unpaired) electrons. The molecule has 0 bridgehead atoms. The van der Waals surface area contributed by atoms with Gasteiger partial charge >= 0.3 is 0 Å². The molecule has 0 aliphatic carbocycles. The molecular formula is C17H26ClFN2O. The first-order valence-corrected chi connectivity index (χ1v) is 7.58. The molecule has 1 saturated heterocycles. The number of rotatable bonds is 3. The van der Waals surface area contributed by atoms with Crippen molar-refractivity contribution in [2.24, 2.45) is 17.1 Å². The Bertz CT molecular complexity index is 521. The van der Waals surface area contributed by atoms with Crippen LogP contribution in [0.5, 0.6) is 0 Å².